The van der Waals surface area contributed by atoms with Crippen molar-refractivity contribution in [2.75, 3.05) is 0 Å². The zero-order valence-corrected chi connectivity index (χ0v) is 6.85. The van der Waals surface area contributed by atoms with Crippen LogP contribution in [0.15, 0.2) is 0 Å². The molecule has 0 aromatic rings. The van der Waals surface area contributed by atoms with Gasteiger partial charge in [0.2, 0.25) is 0 Å². The third kappa shape index (κ3) is 5.83. The summed E-state index contributed by atoms with van der Waals surface area (Å²) in [6.45, 7) is 2.06. The van der Waals surface area contributed by atoms with Gasteiger partial charge in [-0.15, -0.1) is 0 Å². The first-order chi connectivity index (χ1) is 5.18. The van der Waals surface area contributed by atoms with Gasteiger partial charge in [0.1, 0.15) is 0 Å². The molecule has 0 rings (SSSR count). The van der Waals surface area contributed by atoms with Gasteiger partial charge in [-0.05, 0) is 12.8 Å². The van der Waals surface area contributed by atoms with E-state index in [4.69, 9.17) is 5.11 Å². The molecule has 0 spiro atoms. The molecule has 0 bridgehead atoms. The summed E-state index contributed by atoms with van der Waals surface area (Å²) >= 11 is 0. The highest BCUT2D eigenvalue weighted by Gasteiger charge is 2.13. The second kappa shape index (κ2) is 6.13. The highest BCUT2D eigenvalue weighted by atomic mass is 19.1. The number of hydrogen-bond donors (Lipinski definition) is 1. The van der Waals surface area contributed by atoms with Crippen molar-refractivity contribution in [2.24, 2.45) is 0 Å². The number of unbranched alkanes of at least 4 members (excludes halogenated alkanes) is 3. The molecule has 0 fully saturated rings. The first kappa shape index (κ1) is 10.4. The number of aliphatic carboxylic acids is 1. The SMILES string of the molecule is CCCCCCC(F)C(=O)O. The lowest BCUT2D eigenvalue weighted by Gasteiger charge is -2.01. The zero-order valence-electron chi connectivity index (χ0n) is 6.85. The number of rotatable bonds is 6. The fraction of sp³-hybridized carbons (Fsp3) is 0.875. The topological polar surface area (TPSA) is 37.3 Å². The van der Waals surface area contributed by atoms with Gasteiger partial charge in [-0.1, -0.05) is 26.2 Å². The molecule has 0 aromatic carbocycles. The lowest BCUT2D eigenvalue weighted by molar-refractivity contribution is -0.143. The summed E-state index contributed by atoms with van der Waals surface area (Å²) in [5, 5.41) is 8.16. The molecule has 0 saturated carbocycles. The number of hydrogen-bond acceptors (Lipinski definition) is 1. The fourth-order valence-electron chi connectivity index (χ4n) is 0.874. The van der Waals surface area contributed by atoms with Crippen molar-refractivity contribution in [3.05, 3.63) is 0 Å². The molecule has 11 heavy (non-hydrogen) atoms. The minimum absolute atomic E-state index is 0.162. The Kier molecular flexibility index (Phi) is 5.80. The van der Waals surface area contributed by atoms with Crippen LogP contribution < -0.4 is 0 Å². The van der Waals surface area contributed by atoms with Crippen molar-refractivity contribution in [3.63, 3.8) is 0 Å². The van der Waals surface area contributed by atoms with Crippen LogP contribution in [-0.2, 0) is 4.79 Å². The molecule has 0 aliphatic carbocycles. The molecule has 3 heteroatoms. The van der Waals surface area contributed by atoms with Crippen molar-refractivity contribution in [2.45, 2.75) is 45.2 Å². The maximum Gasteiger partial charge on any atom is 0.338 e. The van der Waals surface area contributed by atoms with Crippen molar-refractivity contribution in [1.29, 1.82) is 0 Å². The van der Waals surface area contributed by atoms with Crippen LogP contribution in [0.4, 0.5) is 4.39 Å². The fourth-order valence-corrected chi connectivity index (χ4v) is 0.874. The Hall–Kier alpha value is -0.600. The molecule has 0 aromatic heterocycles. The summed E-state index contributed by atoms with van der Waals surface area (Å²) < 4.78 is 12.4. The van der Waals surface area contributed by atoms with Gasteiger partial charge in [-0.3, -0.25) is 0 Å². The van der Waals surface area contributed by atoms with Crippen molar-refractivity contribution in [3.8, 4) is 0 Å². The minimum Gasteiger partial charge on any atom is -0.479 e. The van der Waals surface area contributed by atoms with E-state index in [1.807, 2.05) is 0 Å². The molecule has 0 saturated heterocycles. The highest BCUT2D eigenvalue weighted by Crippen LogP contribution is 2.07. The first-order valence-corrected chi connectivity index (χ1v) is 4.05. The first-order valence-electron chi connectivity index (χ1n) is 4.05. The molecule has 2 nitrogen and oxygen atoms in total. The van der Waals surface area contributed by atoms with Gasteiger partial charge in [0.05, 0.1) is 0 Å². The predicted molar refractivity (Wildman–Crippen MR) is 41.3 cm³/mol. The van der Waals surface area contributed by atoms with Crippen LogP contribution in [0.1, 0.15) is 39.0 Å². The van der Waals surface area contributed by atoms with Crippen LogP contribution >= 0.6 is 0 Å². The average molecular weight is 162 g/mol. The van der Waals surface area contributed by atoms with Gasteiger partial charge in [0.25, 0.3) is 0 Å². The van der Waals surface area contributed by atoms with E-state index in [-0.39, 0.29) is 6.42 Å². The molecule has 0 radical (unpaired) electrons. The monoisotopic (exact) mass is 162 g/mol. The van der Waals surface area contributed by atoms with E-state index in [9.17, 15) is 9.18 Å². The lowest BCUT2D eigenvalue weighted by Crippen LogP contribution is -2.13. The third-order valence-corrected chi connectivity index (χ3v) is 1.58. The molecule has 0 heterocycles. The Morgan fingerprint density at radius 3 is 2.55 bits per heavy atom. The summed E-state index contributed by atoms with van der Waals surface area (Å²) in [4.78, 5) is 9.99. The molecule has 66 valence electrons. The predicted octanol–water partition coefficient (Wildman–Crippen LogP) is 2.38. The van der Waals surface area contributed by atoms with Crippen LogP contribution in [0.2, 0.25) is 0 Å². The second-order valence-corrected chi connectivity index (χ2v) is 2.66. The van der Waals surface area contributed by atoms with Gasteiger partial charge in [0, 0.05) is 0 Å². The van der Waals surface area contributed by atoms with E-state index in [0.29, 0.717) is 6.42 Å². The van der Waals surface area contributed by atoms with Crippen molar-refractivity contribution < 1.29 is 14.3 Å². The Morgan fingerprint density at radius 2 is 2.09 bits per heavy atom. The van der Waals surface area contributed by atoms with Crippen molar-refractivity contribution >= 4 is 5.97 Å². The largest absolute Gasteiger partial charge is 0.479 e. The molecule has 0 amide bonds. The molecule has 1 atom stereocenters. The van der Waals surface area contributed by atoms with Crippen molar-refractivity contribution in [1.82, 2.24) is 0 Å². The Balaban J connectivity index is 3.17. The van der Waals surface area contributed by atoms with Crippen LogP contribution in [0, 0.1) is 0 Å². The Bertz CT molecular complexity index is 115. The van der Waals surface area contributed by atoms with E-state index >= 15 is 0 Å². The molecular weight excluding hydrogens is 147 g/mol. The summed E-state index contributed by atoms with van der Waals surface area (Å²) in [6, 6.07) is 0. The van der Waals surface area contributed by atoms with Gasteiger partial charge in [-0.2, -0.15) is 0 Å². The van der Waals surface area contributed by atoms with E-state index < -0.39 is 12.1 Å². The minimum atomic E-state index is -1.66. The summed E-state index contributed by atoms with van der Waals surface area (Å²) in [6.07, 6.45) is 2.27. The maximum atomic E-state index is 12.4. The average Bonchev–Trinajstić information content (AvgIpc) is 1.97. The number of alkyl halides is 1. The maximum absolute atomic E-state index is 12.4. The number of carbonyl (C=O) groups is 1. The smallest absolute Gasteiger partial charge is 0.338 e. The third-order valence-electron chi connectivity index (χ3n) is 1.58. The van der Waals surface area contributed by atoms with Crippen LogP contribution in [-0.4, -0.2) is 17.2 Å². The normalized spacial score (nSPS) is 12.9. The molecule has 1 unspecified atom stereocenters. The highest BCUT2D eigenvalue weighted by molar-refractivity contribution is 5.71. The Labute approximate surface area is 66.4 Å². The van der Waals surface area contributed by atoms with Gasteiger partial charge in [-0.25, -0.2) is 9.18 Å². The number of carboxylic acids is 1. The van der Waals surface area contributed by atoms with E-state index in [2.05, 4.69) is 6.92 Å². The van der Waals surface area contributed by atoms with Gasteiger partial charge >= 0.3 is 5.97 Å². The quantitative estimate of drug-likeness (QED) is 0.609. The molecule has 1 N–H and O–H groups in total. The summed E-state index contributed by atoms with van der Waals surface area (Å²) in [7, 11) is 0. The standard InChI is InChI=1S/C8H15FO2/c1-2-3-4-5-6-7(9)8(10)11/h7H,2-6H2,1H3,(H,10,11). The molecule has 0 aliphatic heterocycles. The number of carboxylic acid groups (broad SMARTS) is 1. The van der Waals surface area contributed by atoms with E-state index in [1.54, 1.807) is 0 Å². The number of halogens is 1. The van der Waals surface area contributed by atoms with Gasteiger partial charge < -0.3 is 5.11 Å². The zero-order chi connectivity index (χ0) is 8.69. The van der Waals surface area contributed by atoms with Crippen LogP contribution in [0.3, 0.4) is 0 Å². The summed E-state index contributed by atoms with van der Waals surface area (Å²) in [5.74, 6) is -1.33. The van der Waals surface area contributed by atoms with Crippen LogP contribution in [0.25, 0.3) is 0 Å². The van der Waals surface area contributed by atoms with E-state index in [0.717, 1.165) is 19.3 Å². The van der Waals surface area contributed by atoms with Crippen LogP contribution in [0.5, 0.6) is 0 Å². The van der Waals surface area contributed by atoms with E-state index in [1.165, 1.54) is 0 Å². The summed E-state index contributed by atoms with van der Waals surface area (Å²) in [5.41, 5.74) is 0. The second-order valence-electron chi connectivity index (χ2n) is 2.66. The lowest BCUT2D eigenvalue weighted by atomic mass is 10.1. The van der Waals surface area contributed by atoms with Gasteiger partial charge in [0.15, 0.2) is 6.17 Å². The molecule has 0 aliphatic rings. The molecular formula is C8H15FO2. The Morgan fingerprint density at radius 1 is 1.45 bits per heavy atom.